The van der Waals surface area contributed by atoms with Crippen LogP contribution in [0.2, 0.25) is 0 Å². The van der Waals surface area contributed by atoms with Crippen molar-refractivity contribution in [3.63, 3.8) is 0 Å². The Balaban J connectivity index is 1.54. The van der Waals surface area contributed by atoms with E-state index in [4.69, 9.17) is 4.74 Å². The number of ether oxygens (including phenoxy) is 1. The molecular formula is C25H28F2N6O3. The molecule has 0 saturated heterocycles. The van der Waals surface area contributed by atoms with Gasteiger partial charge >= 0.3 is 5.69 Å². The van der Waals surface area contributed by atoms with Gasteiger partial charge in [-0.1, -0.05) is 19.3 Å². The van der Waals surface area contributed by atoms with E-state index in [1.165, 1.54) is 12.5 Å². The number of hydrogen-bond donors (Lipinski definition) is 1. The summed E-state index contributed by atoms with van der Waals surface area (Å²) in [6, 6.07) is 2.33. The second kappa shape index (κ2) is 10.2. The molecule has 36 heavy (non-hydrogen) atoms. The van der Waals surface area contributed by atoms with Gasteiger partial charge in [-0.3, -0.25) is 9.36 Å². The van der Waals surface area contributed by atoms with E-state index in [1.54, 1.807) is 4.57 Å². The predicted molar refractivity (Wildman–Crippen MR) is 127 cm³/mol. The standard InChI is InChI=1S/C25H28F2N6O3/c1-15(16-7-3-2-4-8-16)36-21-12-20(33-25(35)32-10-6-5-9-22(32)31-33)18(26)11-17(21)24(34)30-23-19(27)13-28-14-29-23/h11-16H,2-10H2,1H3,(H,28,29,30,34)/t15-/m0/s1. The van der Waals surface area contributed by atoms with Crippen molar-refractivity contribution in [2.24, 2.45) is 5.92 Å². The van der Waals surface area contributed by atoms with Crippen molar-refractivity contribution in [2.75, 3.05) is 5.32 Å². The Bertz CT molecular complexity index is 1330. The van der Waals surface area contributed by atoms with Crippen molar-refractivity contribution in [1.82, 2.24) is 24.3 Å². The highest BCUT2D eigenvalue weighted by Gasteiger charge is 2.27. The van der Waals surface area contributed by atoms with Gasteiger partial charge in [0.1, 0.15) is 29.4 Å². The molecule has 1 aliphatic heterocycles. The van der Waals surface area contributed by atoms with E-state index in [2.05, 4.69) is 20.4 Å². The fourth-order valence-corrected chi connectivity index (χ4v) is 5.02. The summed E-state index contributed by atoms with van der Waals surface area (Å²) in [6.07, 6.45) is 9.53. The van der Waals surface area contributed by atoms with Crippen LogP contribution in [0.1, 0.15) is 68.1 Å². The zero-order valence-electron chi connectivity index (χ0n) is 20.0. The van der Waals surface area contributed by atoms with Gasteiger partial charge in [-0.2, -0.15) is 4.68 Å². The van der Waals surface area contributed by atoms with Crippen LogP contribution in [0.5, 0.6) is 5.75 Å². The number of carbonyl (C=O) groups excluding carboxylic acids is 1. The number of carbonyl (C=O) groups is 1. The third-order valence-electron chi connectivity index (χ3n) is 7.02. The Morgan fingerprint density at radius 2 is 1.94 bits per heavy atom. The van der Waals surface area contributed by atoms with E-state index >= 15 is 4.39 Å². The fraction of sp³-hybridized carbons (Fsp3) is 0.480. The smallest absolute Gasteiger partial charge is 0.350 e. The largest absolute Gasteiger partial charge is 0.490 e. The molecule has 1 saturated carbocycles. The highest BCUT2D eigenvalue weighted by atomic mass is 19.1. The van der Waals surface area contributed by atoms with Crippen LogP contribution in [0, 0.1) is 17.6 Å². The van der Waals surface area contributed by atoms with Crippen LogP contribution in [-0.4, -0.2) is 36.3 Å². The molecule has 1 N–H and O–H groups in total. The number of amides is 1. The van der Waals surface area contributed by atoms with Crippen LogP contribution >= 0.6 is 0 Å². The first kappa shape index (κ1) is 24.1. The van der Waals surface area contributed by atoms with Gasteiger partial charge in [0.25, 0.3) is 5.91 Å². The number of nitrogens with zero attached hydrogens (tertiary/aromatic N) is 5. The molecular weight excluding hydrogens is 470 g/mol. The Morgan fingerprint density at radius 3 is 2.69 bits per heavy atom. The average Bonchev–Trinajstić information content (AvgIpc) is 3.23. The third-order valence-corrected chi connectivity index (χ3v) is 7.02. The van der Waals surface area contributed by atoms with Crippen LogP contribution in [-0.2, 0) is 13.0 Å². The van der Waals surface area contributed by atoms with Crippen molar-refractivity contribution in [1.29, 1.82) is 0 Å². The van der Waals surface area contributed by atoms with Crippen molar-refractivity contribution in [2.45, 2.75) is 70.9 Å². The number of aryl methyl sites for hydroxylation is 1. The minimum absolute atomic E-state index is 0.0920. The molecule has 5 rings (SSSR count). The van der Waals surface area contributed by atoms with Gasteiger partial charge in [0, 0.05) is 19.0 Å². The van der Waals surface area contributed by atoms with Crippen molar-refractivity contribution < 1.29 is 18.3 Å². The molecule has 2 aromatic heterocycles. The average molecular weight is 499 g/mol. The van der Waals surface area contributed by atoms with Crippen molar-refractivity contribution in [3.05, 3.63) is 58.2 Å². The number of hydrogen-bond acceptors (Lipinski definition) is 6. The lowest BCUT2D eigenvalue weighted by Gasteiger charge is -2.29. The molecule has 0 spiro atoms. The number of benzene rings is 1. The minimum Gasteiger partial charge on any atom is -0.490 e. The van der Waals surface area contributed by atoms with Crippen LogP contribution in [0.15, 0.2) is 29.5 Å². The molecule has 190 valence electrons. The molecule has 1 aliphatic carbocycles. The maximum atomic E-state index is 15.4. The van der Waals surface area contributed by atoms with Gasteiger partial charge in [0.2, 0.25) is 0 Å². The lowest BCUT2D eigenvalue weighted by molar-refractivity contribution is 0.0996. The molecule has 0 radical (unpaired) electrons. The Morgan fingerprint density at radius 1 is 1.14 bits per heavy atom. The summed E-state index contributed by atoms with van der Waals surface area (Å²) >= 11 is 0. The molecule has 1 amide bonds. The molecule has 3 heterocycles. The quantitative estimate of drug-likeness (QED) is 0.550. The van der Waals surface area contributed by atoms with E-state index in [9.17, 15) is 14.0 Å². The minimum atomic E-state index is -0.823. The number of rotatable bonds is 6. The third kappa shape index (κ3) is 4.74. The zero-order valence-corrected chi connectivity index (χ0v) is 20.0. The molecule has 1 atom stereocenters. The molecule has 3 aromatic rings. The first-order valence-electron chi connectivity index (χ1n) is 12.4. The van der Waals surface area contributed by atoms with Gasteiger partial charge in [0.05, 0.1) is 17.9 Å². The second-order valence-electron chi connectivity index (χ2n) is 9.41. The van der Waals surface area contributed by atoms with Crippen LogP contribution < -0.4 is 15.7 Å². The maximum Gasteiger partial charge on any atom is 0.350 e. The van der Waals surface area contributed by atoms with Gasteiger partial charge in [0.15, 0.2) is 11.6 Å². The number of anilines is 1. The normalized spacial score (nSPS) is 16.9. The lowest BCUT2D eigenvalue weighted by Crippen LogP contribution is -2.28. The Hall–Kier alpha value is -3.63. The predicted octanol–water partition coefficient (Wildman–Crippen LogP) is 4.04. The molecule has 0 unspecified atom stereocenters. The van der Waals surface area contributed by atoms with Crippen LogP contribution in [0.3, 0.4) is 0 Å². The van der Waals surface area contributed by atoms with Gasteiger partial charge in [-0.25, -0.2) is 23.5 Å². The number of fused-ring (bicyclic) bond motifs is 1. The van der Waals surface area contributed by atoms with E-state index < -0.39 is 23.2 Å². The van der Waals surface area contributed by atoms with E-state index in [0.29, 0.717) is 18.8 Å². The highest BCUT2D eigenvalue weighted by molar-refractivity contribution is 6.06. The summed E-state index contributed by atoms with van der Waals surface area (Å²) in [5, 5.41) is 6.71. The molecule has 11 heteroatoms. The zero-order chi connectivity index (χ0) is 25.2. The summed E-state index contributed by atoms with van der Waals surface area (Å²) < 4.78 is 38.2. The number of nitrogens with one attached hydrogen (secondary N) is 1. The van der Waals surface area contributed by atoms with E-state index in [1.807, 2.05) is 6.92 Å². The summed E-state index contributed by atoms with van der Waals surface area (Å²) in [7, 11) is 0. The fourth-order valence-electron chi connectivity index (χ4n) is 5.02. The van der Waals surface area contributed by atoms with Crippen molar-refractivity contribution >= 4 is 11.7 Å². The van der Waals surface area contributed by atoms with E-state index in [-0.39, 0.29) is 34.8 Å². The van der Waals surface area contributed by atoms with Crippen LogP contribution in [0.4, 0.5) is 14.6 Å². The molecule has 1 aromatic carbocycles. The summed E-state index contributed by atoms with van der Waals surface area (Å²) in [6.45, 7) is 2.45. The molecule has 2 aliphatic rings. The molecule has 0 bridgehead atoms. The lowest BCUT2D eigenvalue weighted by atomic mass is 9.86. The molecule has 9 nitrogen and oxygen atoms in total. The Kier molecular flexibility index (Phi) is 6.80. The Labute approximate surface area is 206 Å². The van der Waals surface area contributed by atoms with Gasteiger partial charge in [-0.05, 0) is 44.6 Å². The van der Waals surface area contributed by atoms with E-state index in [0.717, 1.165) is 61.8 Å². The highest BCUT2D eigenvalue weighted by Crippen LogP contribution is 2.32. The molecule has 1 fully saturated rings. The van der Waals surface area contributed by atoms with Gasteiger partial charge in [-0.15, -0.1) is 5.10 Å². The topological polar surface area (TPSA) is 104 Å². The second-order valence-corrected chi connectivity index (χ2v) is 9.41. The first-order valence-corrected chi connectivity index (χ1v) is 12.4. The number of halogens is 2. The number of aromatic nitrogens is 5. The maximum absolute atomic E-state index is 15.4. The monoisotopic (exact) mass is 498 g/mol. The van der Waals surface area contributed by atoms with Gasteiger partial charge < -0.3 is 10.1 Å². The van der Waals surface area contributed by atoms with Crippen LogP contribution in [0.25, 0.3) is 5.69 Å². The summed E-state index contributed by atoms with van der Waals surface area (Å²) in [5.41, 5.74) is -0.665. The summed E-state index contributed by atoms with van der Waals surface area (Å²) in [4.78, 5) is 33.4. The summed E-state index contributed by atoms with van der Waals surface area (Å²) in [5.74, 6) is -1.79. The SMILES string of the molecule is C[C@H](Oc1cc(-n2nc3n(c2=O)CCCC3)c(F)cc1C(=O)Nc1ncncc1F)C1CCCCC1. The first-order chi connectivity index (χ1) is 17.4. The van der Waals surface area contributed by atoms with Crippen molar-refractivity contribution in [3.8, 4) is 11.4 Å².